The average molecular weight is 372 g/mol. The third kappa shape index (κ3) is 3.56. The van der Waals surface area contributed by atoms with Crippen LogP contribution in [0.3, 0.4) is 0 Å². The fourth-order valence-corrected chi connectivity index (χ4v) is 3.51. The van der Waals surface area contributed by atoms with E-state index in [2.05, 4.69) is 0 Å². The normalized spacial score (nSPS) is 16.2. The van der Waals surface area contributed by atoms with Crippen LogP contribution in [0.4, 0.5) is 0 Å². The Morgan fingerprint density at radius 1 is 1.15 bits per heavy atom. The van der Waals surface area contributed by atoms with Gasteiger partial charge < -0.3 is 18.6 Å². The van der Waals surface area contributed by atoms with Gasteiger partial charge in [0.05, 0.1) is 25.9 Å². The first-order valence-corrected chi connectivity index (χ1v) is 8.94. The van der Waals surface area contributed by atoms with Gasteiger partial charge in [-0.15, -0.1) is 0 Å². The Morgan fingerprint density at radius 2 is 1.85 bits per heavy atom. The van der Waals surface area contributed by atoms with E-state index in [-0.39, 0.29) is 23.6 Å². The van der Waals surface area contributed by atoms with E-state index < -0.39 is 5.97 Å². The van der Waals surface area contributed by atoms with E-state index in [0.717, 1.165) is 5.56 Å². The van der Waals surface area contributed by atoms with Crippen molar-refractivity contribution in [1.82, 2.24) is 0 Å². The van der Waals surface area contributed by atoms with Gasteiger partial charge in [0, 0.05) is 18.4 Å². The minimum atomic E-state index is -0.535. The first-order valence-electron chi connectivity index (χ1n) is 8.94. The van der Waals surface area contributed by atoms with Gasteiger partial charge >= 0.3 is 5.97 Å². The topological polar surface area (TPSA) is 75.0 Å². The third-order valence-electron chi connectivity index (χ3n) is 4.77. The number of hydrogen-bond donors (Lipinski definition) is 0. The quantitative estimate of drug-likeness (QED) is 0.736. The average Bonchev–Trinajstić information content (AvgIpc) is 2.97. The molecule has 0 saturated carbocycles. The van der Waals surface area contributed by atoms with Gasteiger partial charge in [-0.1, -0.05) is 6.07 Å². The van der Waals surface area contributed by atoms with Crippen LogP contribution < -0.4 is 9.47 Å². The molecule has 27 heavy (non-hydrogen) atoms. The van der Waals surface area contributed by atoms with Gasteiger partial charge in [-0.05, 0) is 44.4 Å². The Bertz CT molecular complexity index is 877. The van der Waals surface area contributed by atoms with E-state index in [1.54, 1.807) is 35.0 Å². The number of Topliss-reactive ketones (excluding diaryl/α,β-unsaturated/α-hetero) is 1. The molecule has 0 bridgehead atoms. The molecule has 144 valence electrons. The highest BCUT2D eigenvalue weighted by molar-refractivity contribution is 6.03. The third-order valence-corrected chi connectivity index (χ3v) is 4.77. The van der Waals surface area contributed by atoms with Crippen LogP contribution in [0, 0.1) is 6.92 Å². The van der Waals surface area contributed by atoms with Crippen LogP contribution in [0.5, 0.6) is 11.5 Å². The zero-order valence-corrected chi connectivity index (χ0v) is 16.3. The molecule has 2 aromatic rings. The van der Waals surface area contributed by atoms with Gasteiger partial charge in [0.15, 0.2) is 17.3 Å². The number of rotatable bonds is 5. The summed E-state index contributed by atoms with van der Waals surface area (Å²) in [5, 5.41) is 0. The number of esters is 1. The Balaban J connectivity index is 1.93. The van der Waals surface area contributed by atoms with Crippen molar-refractivity contribution in [3.63, 3.8) is 0 Å². The van der Waals surface area contributed by atoms with Crippen LogP contribution in [0.25, 0.3) is 0 Å². The monoisotopic (exact) mass is 372 g/mol. The Morgan fingerprint density at radius 3 is 2.48 bits per heavy atom. The lowest BCUT2D eigenvalue weighted by Crippen LogP contribution is -2.18. The van der Waals surface area contributed by atoms with Crippen molar-refractivity contribution in [2.75, 3.05) is 14.2 Å². The number of carbonyl (C=O) groups excluding carboxylic acids is 2. The highest BCUT2D eigenvalue weighted by Crippen LogP contribution is 2.39. The molecule has 0 unspecified atom stereocenters. The highest BCUT2D eigenvalue weighted by atomic mass is 16.6. The van der Waals surface area contributed by atoms with Crippen molar-refractivity contribution in [3.05, 3.63) is 46.4 Å². The van der Waals surface area contributed by atoms with Crippen LogP contribution in [-0.2, 0) is 11.2 Å². The smallest absolute Gasteiger partial charge is 0.374 e. The van der Waals surface area contributed by atoms with Crippen LogP contribution in [0.1, 0.15) is 64.0 Å². The summed E-state index contributed by atoms with van der Waals surface area (Å²) in [7, 11) is 3.16. The van der Waals surface area contributed by atoms with Crippen molar-refractivity contribution in [2.24, 2.45) is 0 Å². The minimum Gasteiger partial charge on any atom is -0.493 e. The van der Waals surface area contributed by atoms with E-state index in [1.165, 1.54) is 0 Å². The Hall–Kier alpha value is -2.76. The van der Waals surface area contributed by atoms with E-state index in [1.807, 2.05) is 18.2 Å². The molecule has 1 aliphatic rings. The van der Waals surface area contributed by atoms with Gasteiger partial charge in [-0.3, -0.25) is 4.79 Å². The van der Waals surface area contributed by atoms with E-state index in [0.29, 0.717) is 41.2 Å². The lowest BCUT2D eigenvalue weighted by atomic mass is 9.81. The second-order valence-corrected chi connectivity index (χ2v) is 6.95. The van der Waals surface area contributed by atoms with Gasteiger partial charge in [0.2, 0.25) is 5.76 Å². The molecule has 6 nitrogen and oxygen atoms in total. The van der Waals surface area contributed by atoms with E-state index >= 15 is 0 Å². The predicted octanol–water partition coefficient (Wildman–Crippen LogP) is 4.08. The second-order valence-electron chi connectivity index (χ2n) is 6.95. The number of carbonyl (C=O) groups is 2. The molecule has 1 atom stereocenters. The minimum absolute atomic E-state index is 0.0270. The van der Waals surface area contributed by atoms with Gasteiger partial charge in [-0.25, -0.2) is 4.79 Å². The molecular weight excluding hydrogens is 348 g/mol. The molecule has 1 aromatic heterocycles. The van der Waals surface area contributed by atoms with Crippen LogP contribution >= 0.6 is 0 Å². The van der Waals surface area contributed by atoms with Crippen LogP contribution in [0.15, 0.2) is 22.6 Å². The number of benzene rings is 1. The number of methoxy groups -OCH3 is 2. The van der Waals surface area contributed by atoms with Crippen molar-refractivity contribution in [2.45, 2.75) is 45.6 Å². The Kier molecular flexibility index (Phi) is 5.26. The largest absolute Gasteiger partial charge is 0.493 e. The molecule has 0 amide bonds. The van der Waals surface area contributed by atoms with Crippen molar-refractivity contribution < 1.29 is 28.2 Å². The summed E-state index contributed by atoms with van der Waals surface area (Å²) in [6.07, 6.45) is 0.627. The van der Waals surface area contributed by atoms with Gasteiger partial charge in [0.25, 0.3) is 0 Å². The summed E-state index contributed by atoms with van der Waals surface area (Å²) in [5.74, 6) is 1.30. The summed E-state index contributed by atoms with van der Waals surface area (Å²) in [4.78, 5) is 25.0. The molecule has 0 radical (unpaired) electrons. The molecule has 0 saturated heterocycles. The number of ether oxygens (including phenoxy) is 3. The fourth-order valence-electron chi connectivity index (χ4n) is 3.51. The van der Waals surface area contributed by atoms with E-state index in [4.69, 9.17) is 18.6 Å². The molecule has 1 heterocycles. The first kappa shape index (κ1) is 19.0. The van der Waals surface area contributed by atoms with Crippen molar-refractivity contribution in [1.29, 1.82) is 0 Å². The zero-order valence-electron chi connectivity index (χ0n) is 16.3. The fraction of sp³-hybridized carbons (Fsp3) is 0.429. The summed E-state index contributed by atoms with van der Waals surface area (Å²) < 4.78 is 21.6. The summed E-state index contributed by atoms with van der Waals surface area (Å²) >= 11 is 0. The first-order chi connectivity index (χ1) is 12.8. The molecule has 0 N–H and O–H groups in total. The zero-order chi connectivity index (χ0) is 19.7. The molecule has 3 rings (SSSR count). The predicted molar refractivity (Wildman–Crippen MR) is 98.9 cm³/mol. The molecule has 0 fully saturated rings. The van der Waals surface area contributed by atoms with Crippen molar-refractivity contribution in [3.8, 4) is 11.5 Å². The molecule has 0 aliphatic heterocycles. The van der Waals surface area contributed by atoms with Gasteiger partial charge in [-0.2, -0.15) is 0 Å². The van der Waals surface area contributed by atoms with Crippen molar-refractivity contribution >= 4 is 11.8 Å². The molecule has 1 aromatic carbocycles. The van der Waals surface area contributed by atoms with E-state index in [9.17, 15) is 9.59 Å². The number of ketones is 1. The highest BCUT2D eigenvalue weighted by Gasteiger charge is 2.34. The SMILES string of the molecule is COc1ccc([C@H]2CC(=O)c3c(oc(C(=O)OC(C)C)c3C)C2)cc1OC. The number of fused-ring (bicyclic) bond motifs is 1. The maximum absolute atomic E-state index is 12.8. The second kappa shape index (κ2) is 7.47. The molecule has 0 spiro atoms. The number of hydrogen-bond acceptors (Lipinski definition) is 6. The number of furan rings is 1. The molecule has 1 aliphatic carbocycles. The maximum atomic E-state index is 12.8. The molecule has 6 heteroatoms. The lowest BCUT2D eigenvalue weighted by Gasteiger charge is -2.22. The maximum Gasteiger partial charge on any atom is 0.374 e. The summed E-state index contributed by atoms with van der Waals surface area (Å²) in [5.41, 5.74) is 2.04. The molecular formula is C21H24O6. The standard InChI is InChI=1S/C21H24O6/c1-11(2)26-21(23)20-12(3)19-15(22)8-14(10-18(19)27-20)13-6-7-16(24-4)17(9-13)25-5/h6-7,9,11,14H,8,10H2,1-5H3/t14-/m0/s1. The van der Waals surface area contributed by atoms with Crippen LogP contribution in [0.2, 0.25) is 0 Å². The summed E-state index contributed by atoms with van der Waals surface area (Å²) in [6, 6.07) is 5.63. The lowest BCUT2D eigenvalue weighted by molar-refractivity contribution is 0.0338. The van der Waals surface area contributed by atoms with Gasteiger partial charge in [0.1, 0.15) is 5.76 Å². The Labute approximate surface area is 158 Å². The summed E-state index contributed by atoms with van der Waals surface area (Å²) in [6.45, 7) is 5.27. The van der Waals surface area contributed by atoms with Crippen LogP contribution in [-0.4, -0.2) is 32.1 Å².